The molecule has 2 N–H and O–H groups in total. The molecule has 4 rings (SSSR count). The van der Waals surface area contributed by atoms with E-state index in [2.05, 4.69) is 10.6 Å². The van der Waals surface area contributed by atoms with Crippen molar-refractivity contribution < 1.29 is 28.2 Å². The van der Waals surface area contributed by atoms with Crippen molar-refractivity contribution in [3.63, 3.8) is 0 Å². The van der Waals surface area contributed by atoms with Crippen molar-refractivity contribution >= 4 is 34.2 Å². The fourth-order valence-electron chi connectivity index (χ4n) is 3.93. The van der Waals surface area contributed by atoms with E-state index in [9.17, 15) is 14.4 Å². The van der Waals surface area contributed by atoms with Gasteiger partial charge >= 0.3 is 0 Å². The number of amides is 2. The maximum atomic E-state index is 13.6. The van der Waals surface area contributed by atoms with Crippen molar-refractivity contribution in [3.8, 4) is 28.6 Å². The van der Waals surface area contributed by atoms with Gasteiger partial charge in [-0.05, 0) is 61.0 Å². The third-order valence-electron chi connectivity index (χ3n) is 5.80. The van der Waals surface area contributed by atoms with Gasteiger partial charge in [0.1, 0.15) is 5.58 Å². The minimum atomic E-state index is -0.993. The number of ether oxygens (including phenoxy) is 3. The van der Waals surface area contributed by atoms with E-state index in [1.54, 1.807) is 73.7 Å². The molecule has 0 spiro atoms. The van der Waals surface area contributed by atoms with Gasteiger partial charge in [-0.1, -0.05) is 19.1 Å². The number of benzene rings is 3. The topological polar surface area (TPSA) is 116 Å². The summed E-state index contributed by atoms with van der Waals surface area (Å²) in [5.74, 6) is 0.405. The molecule has 1 aromatic heterocycles. The summed E-state index contributed by atoms with van der Waals surface area (Å²) in [5, 5.41) is 5.80. The zero-order valence-electron chi connectivity index (χ0n) is 21.5. The number of carbonyl (C=O) groups is 2. The summed E-state index contributed by atoms with van der Waals surface area (Å²) >= 11 is 0. The third-order valence-corrected chi connectivity index (χ3v) is 5.80. The zero-order valence-corrected chi connectivity index (χ0v) is 21.5. The van der Waals surface area contributed by atoms with Gasteiger partial charge in [0.15, 0.2) is 23.4 Å². The van der Waals surface area contributed by atoms with Gasteiger partial charge in [0, 0.05) is 23.9 Å². The maximum Gasteiger partial charge on any atom is 0.265 e. The highest BCUT2D eigenvalue weighted by molar-refractivity contribution is 5.95. The third kappa shape index (κ3) is 5.62. The van der Waals surface area contributed by atoms with E-state index in [1.165, 1.54) is 21.1 Å². The molecule has 2 amide bonds. The Hall–Kier alpha value is -4.79. The number of para-hydroxylation sites is 1. The Kier molecular flexibility index (Phi) is 7.96. The van der Waals surface area contributed by atoms with E-state index in [0.29, 0.717) is 39.4 Å². The van der Waals surface area contributed by atoms with Gasteiger partial charge in [0.25, 0.3) is 5.91 Å². The van der Waals surface area contributed by atoms with Gasteiger partial charge in [0.2, 0.25) is 17.1 Å². The molecule has 9 heteroatoms. The summed E-state index contributed by atoms with van der Waals surface area (Å²) in [7, 11) is 3.04. The van der Waals surface area contributed by atoms with E-state index in [-0.39, 0.29) is 23.8 Å². The number of fused-ring (bicyclic) bond motifs is 1. The van der Waals surface area contributed by atoms with E-state index in [0.717, 1.165) is 0 Å². The van der Waals surface area contributed by atoms with Crippen LogP contribution in [0.25, 0.3) is 22.3 Å². The minimum Gasteiger partial charge on any atom is -0.493 e. The lowest BCUT2D eigenvalue weighted by atomic mass is 10.1. The van der Waals surface area contributed by atoms with Crippen LogP contribution in [0.1, 0.15) is 20.3 Å². The first kappa shape index (κ1) is 26.3. The molecule has 0 aliphatic rings. The van der Waals surface area contributed by atoms with Crippen molar-refractivity contribution in [1.82, 2.24) is 0 Å². The van der Waals surface area contributed by atoms with Crippen LogP contribution in [-0.2, 0) is 9.59 Å². The first-order valence-electron chi connectivity index (χ1n) is 12.0. The number of rotatable bonds is 9. The number of methoxy groups -OCH3 is 2. The van der Waals surface area contributed by atoms with Crippen molar-refractivity contribution in [2.75, 3.05) is 24.9 Å². The lowest BCUT2D eigenvalue weighted by Gasteiger charge is -2.19. The fourth-order valence-corrected chi connectivity index (χ4v) is 3.93. The molecular formula is C29H28N2O7. The Bertz CT molecular complexity index is 1530. The molecule has 0 radical (unpaired) electrons. The van der Waals surface area contributed by atoms with Gasteiger partial charge in [-0.3, -0.25) is 14.4 Å². The second kappa shape index (κ2) is 11.5. The predicted octanol–water partition coefficient (Wildman–Crippen LogP) is 5.23. The van der Waals surface area contributed by atoms with Crippen molar-refractivity contribution in [1.29, 1.82) is 0 Å². The maximum absolute atomic E-state index is 13.6. The number of anilines is 2. The van der Waals surface area contributed by atoms with Crippen LogP contribution >= 0.6 is 0 Å². The Balaban J connectivity index is 1.70. The molecule has 1 atom stereocenters. The van der Waals surface area contributed by atoms with E-state index in [4.69, 9.17) is 18.6 Å². The van der Waals surface area contributed by atoms with E-state index in [1.807, 2.05) is 0 Å². The van der Waals surface area contributed by atoms with E-state index < -0.39 is 17.4 Å². The molecule has 9 nitrogen and oxygen atoms in total. The largest absolute Gasteiger partial charge is 0.493 e. The van der Waals surface area contributed by atoms with Crippen LogP contribution in [-0.4, -0.2) is 32.1 Å². The van der Waals surface area contributed by atoms with Crippen molar-refractivity contribution in [3.05, 3.63) is 77.0 Å². The minimum absolute atomic E-state index is 0.0843. The highest BCUT2D eigenvalue weighted by atomic mass is 16.5. The summed E-state index contributed by atoms with van der Waals surface area (Å²) in [6, 6.07) is 18.6. The van der Waals surface area contributed by atoms with Crippen LogP contribution in [0, 0.1) is 0 Å². The summed E-state index contributed by atoms with van der Waals surface area (Å²) < 4.78 is 23.0. The molecule has 38 heavy (non-hydrogen) atoms. The average molecular weight is 517 g/mol. The Morgan fingerprint density at radius 3 is 2.18 bits per heavy atom. The molecule has 0 saturated carbocycles. The Labute approximate surface area is 219 Å². The molecule has 1 unspecified atom stereocenters. The van der Waals surface area contributed by atoms with E-state index >= 15 is 0 Å². The molecule has 0 bridgehead atoms. The van der Waals surface area contributed by atoms with Crippen LogP contribution < -0.4 is 30.3 Å². The quantitative estimate of drug-likeness (QED) is 0.313. The zero-order chi connectivity index (χ0) is 27.2. The normalized spacial score (nSPS) is 11.5. The number of carbonyl (C=O) groups excluding carboxylic acids is 2. The van der Waals surface area contributed by atoms with Gasteiger partial charge in [0.05, 0.1) is 19.6 Å². The molecule has 1 heterocycles. The van der Waals surface area contributed by atoms with Crippen LogP contribution in [0.15, 0.2) is 75.9 Å². The molecule has 0 aliphatic carbocycles. The molecular weight excluding hydrogens is 488 g/mol. The SMILES string of the molecule is CCC(Oc1c(-c2ccc(OC)c(OC)c2)oc2ccccc2c1=O)C(=O)Nc1ccc(NC(C)=O)cc1. The number of hydrogen-bond donors (Lipinski definition) is 2. The monoisotopic (exact) mass is 516 g/mol. The standard InChI is InChI=1S/C29H28N2O7/c1-5-22(29(34)31-20-13-11-19(12-14-20)30-17(2)32)37-28-26(33)21-8-6-7-9-23(21)38-27(28)18-10-15-24(35-3)25(16-18)36-4/h6-16,22H,5H2,1-4H3,(H,30,32)(H,31,34). The van der Waals surface area contributed by atoms with Crippen LogP contribution in [0.4, 0.5) is 11.4 Å². The van der Waals surface area contributed by atoms with Gasteiger partial charge in [-0.2, -0.15) is 0 Å². The van der Waals surface area contributed by atoms with Gasteiger partial charge in [-0.25, -0.2) is 0 Å². The van der Waals surface area contributed by atoms with Crippen molar-refractivity contribution in [2.45, 2.75) is 26.4 Å². The Morgan fingerprint density at radius 2 is 1.55 bits per heavy atom. The molecule has 3 aromatic carbocycles. The van der Waals surface area contributed by atoms with Crippen LogP contribution in [0.2, 0.25) is 0 Å². The first-order valence-corrected chi connectivity index (χ1v) is 12.0. The molecule has 0 fully saturated rings. The predicted molar refractivity (Wildman–Crippen MR) is 145 cm³/mol. The highest BCUT2D eigenvalue weighted by Gasteiger charge is 2.25. The summed E-state index contributed by atoms with van der Waals surface area (Å²) in [6.45, 7) is 3.20. The van der Waals surface area contributed by atoms with Crippen LogP contribution in [0.3, 0.4) is 0 Å². The molecule has 4 aromatic rings. The smallest absolute Gasteiger partial charge is 0.265 e. The van der Waals surface area contributed by atoms with Crippen LogP contribution in [0.5, 0.6) is 17.2 Å². The second-order valence-electron chi connectivity index (χ2n) is 8.42. The number of hydrogen-bond acceptors (Lipinski definition) is 7. The number of nitrogens with one attached hydrogen (secondary N) is 2. The second-order valence-corrected chi connectivity index (χ2v) is 8.42. The summed E-state index contributed by atoms with van der Waals surface area (Å²) in [6.07, 6.45) is -0.707. The Morgan fingerprint density at radius 1 is 0.895 bits per heavy atom. The van der Waals surface area contributed by atoms with Gasteiger partial charge in [-0.15, -0.1) is 0 Å². The molecule has 0 saturated heterocycles. The summed E-state index contributed by atoms with van der Waals surface area (Å²) in [4.78, 5) is 37.9. The summed E-state index contributed by atoms with van der Waals surface area (Å²) in [5.41, 5.74) is 1.61. The lowest BCUT2D eigenvalue weighted by molar-refractivity contribution is -0.122. The molecule has 196 valence electrons. The highest BCUT2D eigenvalue weighted by Crippen LogP contribution is 2.37. The fraction of sp³-hybridized carbons (Fsp3) is 0.207. The van der Waals surface area contributed by atoms with Gasteiger partial charge < -0.3 is 29.3 Å². The molecule has 0 aliphatic heterocycles. The first-order chi connectivity index (χ1) is 18.3. The average Bonchev–Trinajstić information content (AvgIpc) is 2.92. The lowest BCUT2D eigenvalue weighted by Crippen LogP contribution is -2.34. The van der Waals surface area contributed by atoms with Crippen molar-refractivity contribution in [2.24, 2.45) is 0 Å².